The molecule has 0 unspecified atom stereocenters. The van der Waals surface area contributed by atoms with Crippen LogP contribution in [-0.4, -0.2) is 29.4 Å². The van der Waals surface area contributed by atoms with E-state index in [4.69, 9.17) is 18.0 Å². The number of aryl methyl sites for hydroxylation is 1. The molecule has 18 heavy (non-hydrogen) atoms. The lowest BCUT2D eigenvalue weighted by atomic mass is 10.1. The van der Waals surface area contributed by atoms with E-state index in [0.29, 0.717) is 18.0 Å². The molecule has 0 spiro atoms. The van der Waals surface area contributed by atoms with Crippen LogP contribution in [-0.2, 0) is 4.79 Å². The second-order valence-electron chi connectivity index (χ2n) is 4.22. The number of nitrogens with two attached hydrogens (primary N) is 1. The van der Waals surface area contributed by atoms with Crippen molar-refractivity contribution in [2.24, 2.45) is 5.73 Å². The summed E-state index contributed by atoms with van der Waals surface area (Å²) in [7, 11) is 1.74. The second-order valence-corrected chi connectivity index (χ2v) is 4.74. The average molecular weight is 262 g/mol. The second kappa shape index (κ2) is 6.91. The van der Waals surface area contributed by atoms with E-state index in [1.807, 2.05) is 31.2 Å². The summed E-state index contributed by atoms with van der Waals surface area (Å²) in [5.41, 5.74) is 7.61. The molecule has 0 saturated heterocycles. The van der Waals surface area contributed by atoms with Crippen LogP contribution in [0, 0.1) is 6.92 Å². The molecular formula is C14H18N2OS. The number of likely N-dealkylation sites (N-methyl/N-ethyl adjacent to an activating group) is 1. The molecule has 0 aliphatic heterocycles. The number of carbonyl (C=O) groups is 1. The quantitative estimate of drug-likeness (QED) is 0.653. The highest BCUT2D eigenvalue weighted by Crippen LogP contribution is 2.05. The lowest BCUT2D eigenvalue weighted by molar-refractivity contribution is -0.124. The fourth-order valence-electron chi connectivity index (χ4n) is 1.36. The van der Waals surface area contributed by atoms with Crippen molar-refractivity contribution in [3.05, 3.63) is 41.5 Å². The van der Waals surface area contributed by atoms with Gasteiger partial charge in [-0.2, -0.15) is 0 Å². The third-order valence-electron chi connectivity index (χ3n) is 2.57. The fraction of sp³-hybridized carbons (Fsp3) is 0.286. The van der Waals surface area contributed by atoms with Crippen LogP contribution < -0.4 is 5.73 Å². The van der Waals surface area contributed by atoms with Gasteiger partial charge in [0.1, 0.15) is 0 Å². The maximum absolute atomic E-state index is 11.8. The van der Waals surface area contributed by atoms with E-state index >= 15 is 0 Å². The third kappa shape index (κ3) is 5.10. The number of hydrogen-bond donors (Lipinski definition) is 1. The van der Waals surface area contributed by atoms with Crippen LogP contribution >= 0.6 is 12.2 Å². The van der Waals surface area contributed by atoms with Gasteiger partial charge in [0.2, 0.25) is 5.91 Å². The van der Waals surface area contributed by atoms with Gasteiger partial charge in [-0.05, 0) is 18.6 Å². The average Bonchev–Trinajstić information content (AvgIpc) is 2.34. The summed E-state index contributed by atoms with van der Waals surface area (Å²) in [5.74, 6) is -0.0492. The van der Waals surface area contributed by atoms with E-state index in [1.54, 1.807) is 24.1 Å². The standard InChI is InChI=1S/C14H18N2OS/c1-11-3-5-12(6-4-11)7-8-14(17)16(2)10-9-13(15)18/h3-8H,9-10H2,1-2H3,(H2,15,18)/b8-7+. The molecule has 1 rings (SSSR count). The molecule has 0 fully saturated rings. The third-order valence-corrected chi connectivity index (χ3v) is 2.77. The lowest BCUT2D eigenvalue weighted by Crippen LogP contribution is -2.28. The van der Waals surface area contributed by atoms with E-state index < -0.39 is 0 Å². The first-order valence-electron chi connectivity index (χ1n) is 5.77. The number of benzene rings is 1. The Morgan fingerprint density at radius 2 is 2.00 bits per heavy atom. The van der Waals surface area contributed by atoms with Crippen molar-refractivity contribution >= 4 is 29.2 Å². The minimum Gasteiger partial charge on any atom is -0.393 e. The Hall–Kier alpha value is -1.68. The Kier molecular flexibility index (Phi) is 5.52. The van der Waals surface area contributed by atoms with Crippen LogP contribution in [0.15, 0.2) is 30.3 Å². The first-order chi connectivity index (χ1) is 8.49. The zero-order valence-electron chi connectivity index (χ0n) is 10.7. The first kappa shape index (κ1) is 14.4. The van der Waals surface area contributed by atoms with Crippen molar-refractivity contribution in [3.63, 3.8) is 0 Å². The minimum absolute atomic E-state index is 0.0492. The molecule has 0 saturated carbocycles. The first-order valence-corrected chi connectivity index (χ1v) is 6.18. The zero-order valence-corrected chi connectivity index (χ0v) is 11.5. The summed E-state index contributed by atoms with van der Waals surface area (Å²) in [6, 6.07) is 7.99. The normalized spacial score (nSPS) is 10.6. The molecule has 1 aromatic carbocycles. The van der Waals surface area contributed by atoms with E-state index in [2.05, 4.69) is 0 Å². The van der Waals surface area contributed by atoms with E-state index in [0.717, 1.165) is 5.56 Å². The highest BCUT2D eigenvalue weighted by atomic mass is 32.1. The molecule has 0 aliphatic rings. The monoisotopic (exact) mass is 262 g/mol. The lowest BCUT2D eigenvalue weighted by Gasteiger charge is -2.14. The number of hydrogen-bond acceptors (Lipinski definition) is 2. The zero-order chi connectivity index (χ0) is 13.5. The van der Waals surface area contributed by atoms with Crippen LogP contribution in [0.4, 0.5) is 0 Å². The molecule has 0 heterocycles. The molecule has 96 valence electrons. The summed E-state index contributed by atoms with van der Waals surface area (Å²) in [5, 5.41) is 0. The maximum Gasteiger partial charge on any atom is 0.246 e. The van der Waals surface area contributed by atoms with Crippen molar-refractivity contribution in [1.82, 2.24) is 4.90 Å². The van der Waals surface area contributed by atoms with Crippen molar-refractivity contribution in [3.8, 4) is 0 Å². The van der Waals surface area contributed by atoms with Gasteiger partial charge >= 0.3 is 0 Å². The SMILES string of the molecule is Cc1ccc(/C=C/C(=O)N(C)CCC(N)=S)cc1. The van der Waals surface area contributed by atoms with Gasteiger partial charge in [0, 0.05) is 26.1 Å². The number of rotatable bonds is 5. The highest BCUT2D eigenvalue weighted by molar-refractivity contribution is 7.80. The predicted molar refractivity (Wildman–Crippen MR) is 79.3 cm³/mol. The van der Waals surface area contributed by atoms with Gasteiger partial charge in [0.05, 0.1) is 4.99 Å². The molecule has 2 N–H and O–H groups in total. The Morgan fingerprint density at radius 1 is 1.39 bits per heavy atom. The van der Waals surface area contributed by atoms with Crippen LogP contribution in [0.3, 0.4) is 0 Å². The van der Waals surface area contributed by atoms with Gasteiger partial charge in [-0.25, -0.2) is 0 Å². The van der Waals surface area contributed by atoms with Crippen molar-refractivity contribution in [2.75, 3.05) is 13.6 Å². The van der Waals surface area contributed by atoms with Crippen molar-refractivity contribution in [2.45, 2.75) is 13.3 Å². The number of amides is 1. The van der Waals surface area contributed by atoms with Crippen molar-refractivity contribution in [1.29, 1.82) is 0 Å². The number of nitrogens with zero attached hydrogens (tertiary/aromatic N) is 1. The predicted octanol–water partition coefficient (Wildman–Crippen LogP) is 2.14. The van der Waals surface area contributed by atoms with E-state index in [1.165, 1.54) is 5.56 Å². The van der Waals surface area contributed by atoms with Gasteiger partial charge in [-0.3, -0.25) is 4.79 Å². The van der Waals surface area contributed by atoms with E-state index in [-0.39, 0.29) is 5.91 Å². The summed E-state index contributed by atoms with van der Waals surface area (Å²) in [6.45, 7) is 2.58. The molecule has 1 aromatic rings. The molecule has 0 radical (unpaired) electrons. The van der Waals surface area contributed by atoms with Crippen LogP contribution in [0.25, 0.3) is 6.08 Å². The summed E-state index contributed by atoms with van der Waals surface area (Å²) in [6.07, 6.45) is 3.92. The van der Waals surface area contributed by atoms with Gasteiger partial charge in [0.25, 0.3) is 0 Å². The van der Waals surface area contributed by atoms with Gasteiger partial charge < -0.3 is 10.6 Å². The number of carbonyl (C=O) groups excluding carboxylic acids is 1. The summed E-state index contributed by atoms with van der Waals surface area (Å²) in [4.78, 5) is 13.8. The molecule has 0 aromatic heterocycles. The summed E-state index contributed by atoms with van der Waals surface area (Å²) >= 11 is 4.78. The van der Waals surface area contributed by atoms with E-state index in [9.17, 15) is 4.79 Å². The number of thiocarbonyl (C=S) groups is 1. The van der Waals surface area contributed by atoms with Crippen LogP contribution in [0.1, 0.15) is 17.5 Å². The molecule has 0 atom stereocenters. The topological polar surface area (TPSA) is 46.3 Å². The summed E-state index contributed by atoms with van der Waals surface area (Å²) < 4.78 is 0. The minimum atomic E-state index is -0.0492. The Balaban J connectivity index is 2.53. The van der Waals surface area contributed by atoms with Gasteiger partial charge in [0.15, 0.2) is 0 Å². The van der Waals surface area contributed by atoms with Gasteiger partial charge in [-0.1, -0.05) is 42.0 Å². The highest BCUT2D eigenvalue weighted by Gasteiger charge is 2.04. The largest absolute Gasteiger partial charge is 0.393 e. The molecule has 0 bridgehead atoms. The smallest absolute Gasteiger partial charge is 0.246 e. The van der Waals surface area contributed by atoms with Crippen molar-refractivity contribution < 1.29 is 4.79 Å². The molecule has 1 amide bonds. The Labute approximate surface area is 113 Å². The Bertz CT molecular complexity index is 451. The van der Waals surface area contributed by atoms with Crippen LogP contribution in [0.5, 0.6) is 0 Å². The molecule has 4 heteroatoms. The molecular weight excluding hydrogens is 244 g/mol. The molecule has 0 aliphatic carbocycles. The maximum atomic E-state index is 11.8. The van der Waals surface area contributed by atoms with Crippen LogP contribution in [0.2, 0.25) is 0 Å². The molecule has 3 nitrogen and oxygen atoms in total. The fourth-order valence-corrected chi connectivity index (χ4v) is 1.45. The Morgan fingerprint density at radius 3 is 2.56 bits per heavy atom. The van der Waals surface area contributed by atoms with Gasteiger partial charge in [-0.15, -0.1) is 0 Å².